The number of aromatic nitrogens is 2. The van der Waals surface area contributed by atoms with Crippen LogP contribution in [0.4, 0.5) is 5.82 Å². The predicted octanol–water partition coefficient (Wildman–Crippen LogP) is 1.90. The SMILES string of the molecule is CN1CCC(N(C)c2cnc(CNC(C)(C)C)cn2)CC1. The molecule has 118 valence electrons. The number of nitrogens with one attached hydrogen (secondary N) is 1. The topological polar surface area (TPSA) is 44.3 Å². The Hall–Kier alpha value is -1.20. The van der Waals surface area contributed by atoms with Gasteiger partial charge in [0.25, 0.3) is 0 Å². The Kier molecular flexibility index (Phi) is 5.17. The summed E-state index contributed by atoms with van der Waals surface area (Å²) in [7, 11) is 4.32. The molecule has 0 saturated carbocycles. The minimum atomic E-state index is 0.102. The zero-order valence-corrected chi connectivity index (χ0v) is 14.1. The molecule has 1 saturated heterocycles. The summed E-state index contributed by atoms with van der Waals surface area (Å²) in [5.74, 6) is 0.976. The molecule has 0 aliphatic carbocycles. The molecule has 0 aromatic carbocycles. The molecule has 1 fully saturated rings. The average molecular weight is 291 g/mol. The molecule has 0 bridgehead atoms. The molecule has 0 spiro atoms. The largest absolute Gasteiger partial charge is 0.355 e. The highest BCUT2D eigenvalue weighted by Gasteiger charge is 2.21. The Labute approximate surface area is 128 Å². The van der Waals surface area contributed by atoms with Crippen molar-refractivity contribution in [2.24, 2.45) is 0 Å². The van der Waals surface area contributed by atoms with Crippen LogP contribution in [0.1, 0.15) is 39.3 Å². The van der Waals surface area contributed by atoms with Gasteiger partial charge in [0.15, 0.2) is 0 Å². The van der Waals surface area contributed by atoms with Gasteiger partial charge in [-0.15, -0.1) is 0 Å². The Morgan fingerprint density at radius 2 is 1.90 bits per heavy atom. The Morgan fingerprint density at radius 1 is 1.24 bits per heavy atom. The van der Waals surface area contributed by atoms with E-state index in [1.807, 2.05) is 12.4 Å². The van der Waals surface area contributed by atoms with E-state index >= 15 is 0 Å². The van der Waals surface area contributed by atoms with Crippen LogP contribution < -0.4 is 10.2 Å². The lowest BCUT2D eigenvalue weighted by Crippen LogP contribution is -2.42. The molecular weight excluding hydrogens is 262 g/mol. The van der Waals surface area contributed by atoms with Gasteiger partial charge in [0.2, 0.25) is 0 Å². The standard InChI is InChI=1S/C16H29N5/c1-16(2,3)19-11-13-10-18-15(12-17-13)21(5)14-6-8-20(4)9-7-14/h10,12,14,19H,6-9,11H2,1-5H3. The van der Waals surface area contributed by atoms with Gasteiger partial charge in [-0.2, -0.15) is 0 Å². The van der Waals surface area contributed by atoms with E-state index in [0.29, 0.717) is 6.04 Å². The van der Waals surface area contributed by atoms with Crippen molar-refractivity contribution in [1.82, 2.24) is 20.2 Å². The van der Waals surface area contributed by atoms with Crippen molar-refractivity contribution in [3.63, 3.8) is 0 Å². The summed E-state index contributed by atoms with van der Waals surface area (Å²) >= 11 is 0. The monoisotopic (exact) mass is 291 g/mol. The lowest BCUT2D eigenvalue weighted by atomic mass is 10.0. The van der Waals surface area contributed by atoms with E-state index in [0.717, 1.165) is 31.1 Å². The summed E-state index contributed by atoms with van der Waals surface area (Å²) < 4.78 is 0. The van der Waals surface area contributed by atoms with Crippen LogP contribution in [0.2, 0.25) is 0 Å². The number of hydrogen-bond acceptors (Lipinski definition) is 5. The first-order valence-corrected chi connectivity index (χ1v) is 7.82. The molecule has 1 aromatic rings. The van der Waals surface area contributed by atoms with Gasteiger partial charge in [-0.05, 0) is 53.8 Å². The summed E-state index contributed by atoms with van der Waals surface area (Å²) in [4.78, 5) is 13.8. The van der Waals surface area contributed by atoms with E-state index in [1.165, 1.54) is 12.8 Å². The lowest BCUT2D eigenvalue weighted by Gasteiger charge is -2.35. The third-order valence-electron chi connectivity index (χ3n) is 4.09. The highest BCUT2D eigenvalue weighted by atomic mass is 15.2. The number of hydrogen-bond donors (Lipinski definition) is 1. The van der Waals surface area contributed by atoms with Crippen LogP contribution in [0.25, 0.3) is 0 Å². The molecule has 5 heteroatoms. The van der Waals surface area contributed by atoms with Crippen LogP contribution >= 0.6 is 0 Å². The number of anilines is 1. The first-order valence-electron chi connectivity index (χ1n) is 7.82. The van der Waals surface area contributed by atoms with Crippen molar-refractivity contribution in [3.05, 3.63) is 18.1 Å². The maximum absolute atomic E-state index is 4.58. The van der Waals surface area contributed by atoms with Gasteiger partial charge in [0.05, 0.1) is 18.1 Å². The van der Waals surface area contributed by atoms with Crippen molar-refractivity contribution in [3.8, 4) is 0 Å². The van der Waals surface area contributed by atoms with Crippen LogP contribution in [-0.4, -0.2) is 53.6 Å². The van der Waals surface area contributed by atoms with Gasteiger partial charge < -0.3 is 15.1 Å². The number of nitrogens with zero attached hydrogens (tertiary/aromatic N) is 4. The molecular formula is C16H29N5. The summed E-state index contributed by atoms with van der Waals surface area (Å²) in [6.07, 6.45) is 6.18. The molecule has 0 amide bonds. The third-order valence-corrected chi connectivity index (χ3v) is 4.09. The molecule has 1 aromatic heterocycles. The molecule has 1 aliphatic heterocycles. The van der Waals surface area contributed by atoms with E-state index in [1.54, 1.807) is 0 Å². The van der Waals surface area contributed by atoms with Crippen LogP contribution in [0.15, 0.2) is 12.4 Å². The quantitative estimate of drug-likeness (QED) is 0.918. The van der Waals surface area contributed by atoms with Gasteiger partial charge in [-0.25, -0.2) is 4.98 Å². The maximum Gasteiger partial charge on any atom is 0.147 e. The molecule has 5 nitrogen and oxygen atoms in total. The smallest absolute Gasteiger partial charge is 0.147 e. The number of likely N-dealkylation sites (tertiary alicyclic amines) is 1. The van der Waals surface area contributed by atoms with Crippen LogP contribution in [-0.2, 0) is 6.54 Å². The first-order chi connectivity index (χ1) is 9.85. The molecule has 1 aliphatic rings. The van der Waals surface area contributed by atoms with E-state index < -0.39 is 0 Å². The fraction of sp³-hybridized carbons (Fsp3) is 0.750. The summed E-state index contributed by atoms with van der Waals surface area (Å²) in [5, 5.41) is 3.43. The zero-order valence-electron chi connectivity index (χ0n) is 14.1. The van der Waals surface area contributed by atoms with E-state index in [2.05, 4.69) is 60.0 Å². The van der Waals surface area contributed by atoms with Crippen LogP contribution in [0.3, 0.4) is 0 Å². The molecule has 1 N–H and O–H groups in total. The van der Waals surface area contributed by atoms with Crippen LogP contribution in [0, 0.1) is 0 Å². The van der Waals surface area contributed by atoms with Gasteiger partial charge in [0.1, 0.15) is 5.82 Å². The highest BCUT2D eigenvalue weighted by molar-refractivity contribution is 5.36. The molecule has 0 radical (unpaired) electrons. The van der Waals surface area contributed by atoms with Crippen molar-refractivity contribution in [2.45, 2.75) is 51.7 Å². The normalized spacial score (nSPS) is 18.0. The second-order valence-electron chi connectivity index (χ2n) is 7.11. The molecule has 0 atom stereocenters. The van der Waals surface area contributed by atoms with E-state index in [9.17, 15) is 0 Å². The van der Waals surface area contributed by atoms with Crippen molar-refractivity contribution in [2.75, 3.05) is 32.1 Å². The van der Waals surface area contributed by atoms with Gasteiger partial charge in [-0.3, -0.25) is 4.98 Å². The third kappa shape index (κ3) is 4.93. The number of piperidine rings is 1. The maximum atomic E-state index is 4.58. The van der Waals surface area contributed by atoms with E-state index in [-0.39, 0.29) is 5.54 Å². The summed E-state index contributed by atoms with van der Waals surface area (Å²) in [6, 6.07) is 0.578. The summed E-state index contributed by atoms with van der Waals surface area (Å²) in [6.45, 7) is 9.55. The lowest BCUT2D eigenvalue weighted by molar-refractivity contribution is 0.252. The molecule has 2 rings (SSSR count). The fourth-order valence-corrected chi connectivity index (χ4v) is 2.55. The molecule has 0 unspecified atom stereocenters. The van der Waals surface area contributed by atoms with Gasteiger partial charge >= 0.3 is 0 Å². The van der Waals surface area contributed by atoms with Crippen molar-refractivity contribution < 1.29 is 0 Å². The molecule has 2 heterocycles. The minimum absolute atomic E-state index is 0.102. The summed E-state index contributed by atoms with van der Waals surface area (Å²) in [5.41, 5.74) is 1.09. The van der Waals surface area contributed by atoms with Gasteiger partial charge in [0, 0.05) is 25.2 Å². The minimum Gasteiger partial charge on any atom is -0.355 e. The highest BCUT2D eigenvalue weighted by Crippen LogP contribution is 2.19. The molecule has 21 heavy (non-hydrogen) atoms. The Balaban J connectivity index is 1.92. The van der Waals surface area contributed by atoms with E-state index in [4.69, 9.17) is 0 Å². The van der Waals surface area contributed by atoms with Crippen molar-refractivity contribution >= 4 is 5.82 Å². The second-order valence-corrected chi connectivity index (χ2v) is 7.11. The zero-order chi connectivity index (χ0) is 15.5. The van der Waals surface area contributed by atoms with Gasteiger partial charge in [-0.1, -0.05) is 0 Å². The first kappa shape index (κ1) is 16.2. The van der Waals surface area contributed by atoms with Crippen LogP contribution in [0.5, 0.6) is 0 Å². The Morgan fingerprint density at radius 3 is 2.43 bits per heavy atom. The van der Waals surface area contributed by atoms with Crippen molar-refractivity contribution in [1.29, 1.82) is 0 Å². The fourth-order valence-electron chi connectivity index (χ4n) is 2.55. The predicted molar refractivity (Wildman–Crippen MR) is 87.5 cm³/mol. The second kappa shape index (κ2) is 6.71. The average Bonchev–Trinajstić information content (AvgIpc) is 2.45. The number of rotatable bonds is 4. The Bertz CT molecular complexity index is 429.